The molecule has 2 aromatic rings. The Balaban J connectivity index is 2.29. The molecule has 1 heterocycles. The summed E-state index contributed by atoms with van der Waals surface area (Å²) < 4.78 is 5.60. The minimum Gasteiger partial charge on any atom is -0.507 e. The van der Waals surface area contributed by atoms with E-state index < -0.39 is 5.97 Å². The maximum absolute atomic E-state index is 10.8. The average Bonchev–Trinajstić information content (AvgIpc) is 2.75. The molecular formula is C14H15NO4. The number of carboxylic acids is 1. The van der Waals surface area contributed by atoms with E-state index in [2.05, 4.69) is 0 Å². The molecule has 0 bridgehead atoms. The predicted octanol–water partition coefficient (Wildman–Crippen LogP) is 2.24. The molecule has 0 aliphatic heterocycles. The first-order valence-electron chi connectivity index (χ1n) is 5.88. The highest BCUT2D eigenvalue weighted by Gasteiger charge is 2.12. The number of aromatic hydroxyl groups is 1. The second-order valence-corrected chi connectivity index (χ2v) is 4.48. The lowest BCUT2D eigenvalue weighted by molar-refractivity contribution is 0.0694. The van der Waals surface area contributed by atoms with Crippen LogP contribution in [0.5, 0.6) is 5.75 Å². The van der Waals surface area contributed by atoms with Crippen LogP contribution in [0.15, 0.2) is 34.7 Å². The highest BCUT2D eigenvalue weighted by Crippen LogP contribution is 2.28. The van der Waals surface area contributed by atoms with Crippen molar-refractivity contribution in [3.8, 4) is 17.1 Å². The monoisotopic (exact) mass is 261 g/mol. The van der Waals surface area contributed by atoms with Gasteiger partial charge in [-0.1, -0.05) is 6.07 Å². The van der Waals surface area contributed by atoms with Gasteiger partial charge in [-0.25, -0.2) is 4.79 Å². The van der Waals surface area contributed by atoms with Crippen LogP contribution in [0.1, 0.15) is 23.0 Å². The lowest BCUT2D eigenvalue weighted by atomic mass is 10.1. The van der Waals surface area contributed by atoms with Crippen LogP contribution < -0.4 is 5.73 Å². The standard InChI is InChI=1S/C14H15NO4/c1-8(15)6-10-3-5-13(19-10)9-2-4-11(14(17)18)12(16)7-9/h2-5,7-8,16H,6,15H2,1H3,(H,17,18). The van der Waals surface area contributed by atoms with E-state index in [4.69, 9.17) is 15.3 Å². The molecule has 0 aliphatic rings. The van der Waals surface area contributed by atoms with Gasteiger partial charge < -0.3 is 20.4 Å². The Morgan fingerprint density at radius 2 is 2.11 bits per heavy atom. The number of nitrogens with two attached hydrogens (primary N) is 1. The van der Waals surface area contributed by atoms with Gasteiger partial charge in [-0.05, 0) is 31.2 Å². The summed E-state index contributed by atoms with van der Waals surface area (Å²) in [7, 11) is 0. The fourth-order valence-corrected chi connectivity index (χ4v) is 1.83. The highest BCUT2D eigenvalue weighted by molar-refractivity contribution is 5.91. The smallest absolute Gasteiger partial charge is 0.339 e. The Bertz CT molecular complexity index is 601. The first kappa shape index (κ1) is 13.2. The number of phenols is 1. The Morgan fingerprint density at radius 1 is 1.37 bits per heavy atom. The molecule has 100 valence electrons. The van der Waals surface area contributed by atoms with Crippen molar-refractivity contribution in [2.45, 2.75) is 19.4 Å². The van der Waals surface area contributed by atoms with Crippen LogP contribution in [0.2, 0.25) is 0 Å². The summed E-state index contributed by atoms with van der Waals surface area (Å²) in [6, 6.07) is 7.91. The average molecular weight is 261 g/mol. The van der Waals surface area contributed by atoms with E-state index >= 15 is 0 Å². The largest absolute Gasteiger partial charge is 0.507 e. The first-order valence-corrected chi connectivity index (χ1v) is 5.88. The van der Waals surface area contributed by atoms with Gasteiger partial charge in [0.05, 0.1) is 0 Å². The lowest BCUT2D eigenvalue weighted by Crippen LogP contribution is -2.17. The van der Waals surface area contributed by atoms with Crippen molar-refractivity contribution in [3.05, 3.63) is 41.7 Å². The van der Waals surface area contributed by atoms with Crippen LogP contribution in [0.3, 0.4) is 0 Å². The summed E-state index contributed by atoms with van der Waals surface area (Å²) in [5.41, 5.74) is 6.17. The Hall–Kier alpha value is -2.27. The number of furan rings is 1. The van der Waals surface area contributed by atoms with E-state index in [-0.39, 0.29) is 17.4 Å². The molecule has 1 atom stereocenters. The molecule has 1 aromatic carbocycles. The molecule has 0 amide bonds. The maximum atomic E-state index is 10.8. The number of carbonyl (C=O) groups is 1. The fraction of sp³-hybridized carbons (Fsp3) is 0.214. The van der Waals surface area contributed by atoms with E-state index in [9.17, 15) is 9.90 Å². The van der Waals surface area contributed by atoms with Gasteiger partial charge in [0, 0.05) is 18.0 Å². The van der Waals surface area contributed by atoms with Crippen molar-refractivity contribution >= 4 is 5.97 Å². The molecule has 5 nitrogen and oxygen atoms in total. The van der Waals surface area contributed by atoms with E-state index in [1.165, 1.54) is 12.1 Å². The van der Waals surface area contributed by atoms with E-state index in [1.807, 2.05) is 13.0 Å². The molecule has 0 spiro atoms. The Morgan fingerprint density at radius 3 is 2.68 bits per heavy atom. The second kappa shape index (κ2) is 5.16. The van der Waals surface area contributed by atoms with Crippen LogP contribution in [0.4, 0.5) is 0 Å². The number of rotatable bonds is 4. The topological polar surface area (TPSA) is 96.7 Å². The SMILES string of the molecule is CC(N)Cc1ccc(-c2ccc(C(=O)O)c(O)c2)o1. The molecule has 5 heteroatoms. The third-order valence-electron chi connectivity index (χ3n) is 2.70. The van der Waals surface area contributed by atoms with Crippen molar-refractivity contribution in [1.29, 1.82) is 0 Å². The van der Waals surface area contributed by atoms with Crippen molar-refractivity contribution in [3.63, 3.8) is 0 Å². The molecule has 0 radical (unpaired) electrons. The minimum absolute atomic E-state index is 0.00166. The summed E-state index contributed by atoms with van der Waals surface area (Å²) in [6.45, 7) is 1.88. The van der Waals surface area contributed by atoms with Crippen LogP contribution in [0, 0.1) is 0 Å². The van der Waals surface area contributed by atoms with E-state index in [1.54, 1.807) is 12.1 Å². The van der Waals surface area contributed by atoms with Crippen LogP contribution in [0.25, 0.3) is 11.3 Å². The molecule has 0 fully saturated rings. The quantitative estimate of drug-likeness (QED) is 0.784. The first-order chi connectivity index (χ1) is 8.97. The molecule has 4 N–H and O–H groups in total. The summed E-state index contributed by atoms with van der Waals surface area (Å²) in [6.07, 6.45) is 0.624. The number of hydrogen-bond acceptors (Lipinski definition) is 4. The third-order valence-corrected chi connectivity index (χ3v) is 2.70. The predicted molar refractivity (Wildman–Crippen MR) is 70.1 cm³/mol. The van der Waals surface area contributed by atoms with Gasteiger partial charge in [-0.3, -0.25) is 0 Å². The van der Waals surface area contributed by atoms with Gasteiger partial charge in [-0.2, -0.15) is 0 Å². The van der Waals surface area contributed by atoms with Gasteiger partial charge in [-0.15, -0.1) is 0 Å². The van der Waals surface area contributed by atoms with Crippen LogP contribution in [-0.2, 0) is 6.42 Å². The molecule has 0 saturated carbocycles. The lowest BCUT2D eigenvalue weighted by Gasteiger charge is -2.03. The summed E-state index contributed by atoms with van der Waals surface area (Å²) in [5, 5.41) is 18.5. The van der Waals surface area contributed by atoms with Gasteiger partial charge in [0.2, 0.25) is 0 Å². The van der Waals surface area contributed by atoms with Crippen molar-refractivity contribution in [1.82, 2.24) is 0 Å². The highest BCUT2D eigenvalue weighted by atomic mass is 16.4. The fourth-order valence-electron chi connectivity index (χ4n) is 1.83. The van der Waals surface area contributed by atoms with E-state index in [0.29, 0.717) is 17.7 Å². The van der Waals surface area contributed by atoms with Crippen molar-refractivity contribution < 1.29 is 19.4 Å². The number of hydrogen-bond donors (Lipinski definition) is 3. The normalized spacial score (nSPS) is 12.3. The molecule has 0 saturated heterocycles. The van der Waals surface area contributed by atoms with Crippen LogP contribution >= 0.6 is 0 Å². The number of aromatic carboxylic acids is 1. The Labute approximate surface area is 110 Å². The van der Waals surface area contributed by atoms with Crippen LogP contribution in [-0.4, -0.2) is 22.2 Å². The molecule has 2 rings (SSSR count). The third kappa shape index (κ3) is 2.95. The zero-order valence-electron chi connectivity index (χ0n) is 10.5. The van der Waals surface area contributed by atoms with E-state index in [0.717, 1.165) is 5.76 Å². The van der Waals surface area contributed by atoms with Crippen molar-refractivity contribution in [2.75, 3.05) is 0 Å². The molecule has 0 aliphatic carbocycles. The number of carboxylic acid groups (broad SMARTS) is 1. The molecule has 1 aromatic heterocycles. The second-order valence-electron chi connectivity index (χ2n) is 4.48. The summed E-state index contributed by atoms with van der Waals surface area (Å²) in [4.78, 5) is 10.8. The van der Waals surface area contributed by atoms with Gasteiger partial charge in [0.1, 0.15) is 22.8 Å². The molecular weight excluding hydrogens is 246 g/mol. The maximum Gasteiger partial charge on any atom is 0.339 e. The zero-order chi connectivity index (χ0) is 14.0. The zero-order valence-corrected chi connectivity index (χ0v) is 10.5. The van der Waals surface area contributed by atoms with Gasteiger partial charge in [0.15, 0.2) is 0 Å². The van der Waals surface area contributed by atoms with Gasteiger partial charge in [0.25, 0.3) is 0 Å². The van der Waals surface area contributed by atoms with Crippen molar-refractivity contribution in [2.24, 2.45) is 5.73 Å². The number of benzene rings is 1. The minimum atomic E-state index is -1.17. The summed E-state index contributed by atoms with van der Waals surface area (Å²) in [5.74, 6) is -0.119. The Kier molecular flexibility index (Phi) is 3.57. The summed E-state index contributed by atoms with van der Waals surface area (Å²) >= 11 is 0. The molecule has 19 heavy (non-hydrogen) atoms. The molecule has 1 unspecified atom stereocenters. The van der Waals surface area contributed by atoms with Gasteiger partial charge >= 0.3 is 5.97 Å².